The molecule has 2 heterocycles. The number of anilines is 2. The van der Waals surface area contributed by atoms with Crippen LogP contribution in [0.1, 0.15) is 5.56 Å². The maximum atomic E-state index is 15.1. The Hall–Kier alpha value is -3.40. The lowest BCUT2D eigenvalue weighted by molar-refractivity contribution is -0.117. The SMILES string of the molecule is O=C1CN(c2c(O)cc3ccc(NCCc4ccccc4)nc3c2F)S(=O)(=O)N1. The molecule has 0 radical (unpaired) electrons. The van der Waals surface area contributed by atoms with Gasteiger partial charge in [0.15, 0.2) is 5.82 Å². The Balaban J connectivity index is 1.65. The summed E-state index contributed by atoms with van der Waals surface area (Å²) in [7, 11) is -4.27. The second-order valence-electron chi connectivity index (χ2n) is 6.53. The lowest BCUT2D eigenvalue weighted by Gasteiger charge is -2.18. The van der Waals surface area contributed by atoms with Crippen LogP contribution in [0.4, 0.5) is 15.9 Å². The van der Waals surface area contributed by atoms with Gasteiger partial charge >= 0.3 is 10.2 Å². The van der Waals surface area contributed by atoms with Gasteiger partial charge in [-0.3, -0.25) is 4.79 Å². The first-order valence-electron chi connectivity index (χ1n) is 8.78. The maximum absolute atomic E-state index is 15.1. The molecule has 2 aromatic carbocycles. The summed E-state index contributed by atoms with van der Waals surface area (Å²) in [6.07, 6.45) is 0.740. The largest absolute Gasteiger partial charge is 0.506 e. The van der Waals surface area contributed by atoms with Gasteiger partial charge in [0, 0.05) is 11.9 Å². The number of halogens is 1. The van der Waals surface area contributed by atoms with Gasteiger partial charge in [0.1, 0.15) is 29.3 Å². The number of hydrogen-bond donors (Lipinski definition) is 3. The summed E-state index contributed by atoms with van der Waals surface area (Å²) in [5, 5.41) is 13.6. The van der Waals surface area contributed by atoms with Gasteiger partial charge in [-0.2, -0.15) is 8.42 Å². The number of carbonyl (C=O) groups is 1. The fraction of sp³-hybridized carbons (Fsp3) is 0.158. The molecule has 1 saturated heterocycles. The first-order chi connectivity index (χ1) is 13.8. The van der Waals surface area contributed by atoms with Gasteiger partial charge in [0.25, 0.3) is 5.91 Å². The third kappa shape index (κ3) is 3.66. The van der Waals surface area contributed by atoms with Crippen LogP contribution in [0.25, 0.3) is 10.9 Å². The molecule has 0 saturated carbocycles. The van der Waals surface area contributed by atoms with E-state index in [1.54, 1.807) is 16.9 Å². The lowest BCUT2D eigenvalue weighted by atomic mass is 10.1. The van der Waals surface area contributed by atoms with Crippen LogP contribution in [0, 0.1) is 5.82 Å². The zero-order valence-corrected chi connectivity index (χ0v) is 15.9. The summed E-state index contributed by atoms with van der Waals surface area (Å²) in [6.45, 7) is -0.0542. The number of aromatic hydroxyl groups is 1. The van der Waals surface area contributed by atoms with E-state index in [1.165, 1.54) is 6.07 Å². The van der Waals surface area contributed by atoms with E-state index in [2.05, 4.69) is 10.3 Å². The predicted molar refractivity (Wildman–Crippen MR) is 106 cm³/mol. The molecular formula is C19H17FN4O4S. The Bertz CT molecular complexity index is 1200. The van der Waals surface area contributed by atoms with Crippen LogP contribution in [0.15, 0.2) is 48.5 Å². The van der Waals surface area contributed by atoms with Gasteiger partial charge in [0.05, 0.1) is 0 Å². The average Bonchev–Trinajstić information content (AvgIpc) is 2.95. The van der Waals surface area contributed by atoms with Crippen molar-refractivity contribution in [2.45, 2.75) is 6.42 Å². The molecule has 1 aromatic heterocycles. The van der Waals surface area contributed by atoms with E-state index in [0.717, 1.165) is 12.0 Å². The highest BCUT2D eigenvalue weighted by atomic mass is 32.2. The molecule has 0 bridgehead atoms. The van der Waals surface area contributed by atoms with Crippen LogP contribution < -0.4 is 14.3 Å². The van der Waals surface area contributed by atoms with Crippen LogP contribution in [0.3, 0.4) is 0 Å². The lowest BCUT2D eigenvalue weighted by Crippen LogP contribution is -2.30. The van der Waals surface area contributed by atoms with E-state index in [9.17, 15) is 18.3 Å². The Kier molecular flexibility index (Phi) is 4.71. The second-order valence-corrected chi connectivity index (χ2v) is 8.12. The molecule has 1 aliphatic heterocycles. The van der Waals surface area contributed by atoms with Crippen LogP contribution in [0.5, 0.6) is 5.75 Å². The molecule has 8 nitrogen and oxygen atoms in total. The molecular weight excluding hydrogens is 399 g/mol. The maximum Gasteiger partial charge on any atom is 0.326 e. The minimum absolute atomic E-state index is 0.114. The van der Waals surface area contributed by atoms with Crippen LogP contribution in [-0.2, 0) is 21.4 Å². The number of nitrogens with zero attached hydrogens (tertiary/aromatic N) is 2. The quantitative estimate of drug-likeness (QED) is 0.586. The molecule has 0 unspecified atom stereocenters. The number of phenolic OH excluding ortho intramolecular Hbond substituents is 1. The standard InChI is InChI=1S/C19H17FN4O4S/c20-17-18-13(10-14(25)19(17)24-11-16(26)23-29(24,27)28)6-7-15(22-18)21-9-8-12-4-2-1-3-5-12/h1-7,10,25H,8-9,11H2,(H,21,22)(H,23,26). The Labute approximate surface area is 166 Å². The van der Waals surface area contributed by atoms with Gasteiger partial charge in [-0.15, -0.1) is 0 Å². The van der Waals surface area contributed by atoms with Crippen LogP contribution in [0.2, 0.25) is 0 Å². The summed E-state index contributed by atoms with van der Waals surface area (Å²) in [5.41, 5.74) is 0.414. The van der Waals surface area contributed by atoms with Crippen LogP contribution >= 0.6 is 0 Å². The number of fused-ring (bicyclic) bond motifs is 1. The fourth-order valence-corrected chi connectivity index (χ4v) is 4.33. The minimum Gasteiger partial charge on any atom is -0.506 e. The third-order valence-corrected chi connectivity index (χ3v) is 5.89. The molecule has 1 amide bonds. The zero-order chi connectivity index (χ0) is 20.6. The van der Waals surface area contributed by atoms with Gasteiger partial charge in [0.2, 0.25) is 0 Å². The Morgan fingerprint density at radius 1 is 1.21 bits per heavy atom. The summed E-state index contributed by atoms with van der Waals surface area (Å²) in [5.74, 6) is -2.02. The van der Waals surface area contributed by atoms with E-state index in [-0.39, 0.29) is 5.52 Å². The van der Waals surface area contributed by atoms with Crippen molar-refractivity contribution in [2.75, 3.05) is 22.7 Å². The molecule has 3 aromatic rings. The fourth-order valence-electron chi connectivity index (χ4n) is 3.16. The number of aromatic nitrogens is 1. The highest BCUT2D eigenvalue weighted by Gasteiger charge is 2.38. The summed E-state index contributed by atoms with van der Waals surface area (Å²) in [6, 6.07) is 14.2. The van der Waals surface area contributed by atoms with Crippen LogP contribution in [-0.4, -0.2) is 37.5 Å². The topological polar surface area (TPSA) is 112 Å². The second kappa shape index (κ2) is 7.21. The molecule has 0 spiro atoms. The zero-order valence-electron chi connectivity index (χ0n) is 15.1. The number of hydrogen-bond acceptors (Lipinski definition) is 6. The van der Waals surface area contributed by atoms with Crippen molar-refractivity contribution in [1.29, 1.82) is 0 Å². The van der Waals surface area contributed by atoms with E-state index >= 15 is 4.39 Å². The number of carbonyl (C=O) groups excluding carboxylic acids is 1. The third-order valence-electron chi connectivity index (χ3n) is 4.51. The molecule has 150 valence electrons. The molecule has 0 atom stereocenters. The first kappa shape index (κ1) is 18.9. The van der Waals surface area contributed by atoms with Gasteiger partial charge in [-0.05, 0) is 30.2 Å². The first-order valence-corrected chi connectivity index (χ1v) is 10.2. The monoisotopic (exact) mass is 416 g/mol. The smallest absolute Gasteiger partial charge is 0.326 e. The van der Waals surface area contributed by atoms with E-state index < -0.39 is 39.9 Å². The minimum atomic E-state index is -4.27. The molecule has 1 aliphatic rings. The van der Waals surface area contributed by atoms with Crippen molar-refractivity contribution in [3.63, 3.8) is 0 Å². The molecule has 0 aliphatic carbocycles. The van der Waals surface area contributed by atoms with Crippen molar-refractivity contribution < 1.29 is 22.7 Å². The van der Waals surface area contributed by atoms with Crippen molar-refractivity contribution in [3.8, 4) is 5.75 Å². The van der Waals surface area contributed by atoms with Gasteiger partial charge < -0.3 is 10.4 Å². The van der Waals surface area contributed by atoms with E-state index in [0.29, 0.717) is 22.1 Å². The molecule has 4 rings (SSSR count). The van der Waals surface area contributed by atoms with Gasteiger partial charge in [-0.1, -0.05) is 30.3 Å². The van der Waals surface area contributed by atoms with Crippen molar-refractivity contribution in [3.05, 3.63) is 59.9 Å². The number of amides is 1. The normalized spacial score (nSPS) is 15.5. The number of benzene rings is 2. The number of pyridine rings is 1. The number of phenols is 1. The molecule has 10 heteroatoms. The summed E-state index contributed by atoms with van der Waals surface area (Å²) >= 11 is 0. The highest BCUT2D eigenvalue weighted by Crippen LogP contribution is 2.38. The number of rotatable bonds is 5. The van der Waals surface area contributed by atoms with Gasteiger partial charge in [-0.25, -0.2) is 18.4 Å². The number of nitrogens with one attached hydrogen (secondary N) is 2. The molecule has 1 fully saturated rings. The van der Waals surface area contributed by atoms with Crippen molar-refractivity contribution in [1.82, 2.24) is 9.71 Å². The Morgan fingerprint density at radius 3 is 2.66 bits per heavy atom. The van der Waals surface area contributed by atoms with Crippen molar-refractivity contribution in [2.24, 2.45) is 0 Å². The Morgan fingerprint density at radius 2 is 1.97 bits per heavy atom. The molecule has 29 heavy (non-hydrogen) atoms. The summed E-state index contributed by atoms with van der Waals surface area (Å²) < 4.78 is 41.4. The van der Waals surface area contributed by atoms with E-state index in [1.807, 2.05) is 30.3 Å². The summed E-state index contributed by atoms with van der Waals surface area (Å²) in [4.78, 5) is 15.7. The molecule has 3 N–H and O–H groups in total. The van der Waals surface area contributed by atoms with Crippen molar-refractivity contribution >= 4 is 38.5 Å². The average molecular weight is 416 g/mol. The predicted octanol–water partition coefficient (Wildman–Crippen LogP) is 1.92. The van der Waals surface area contributed by atoms with E-state index in [4.69, 9.17) is 0 Å². The highest BCUT2D eigenvalue weighted by molar-refractivity contribution is 7.92.